The molecular weight excluding hydrogens is 771 g/mol. The lowest BCUT2D eigenvalue weighted by Gasteiger charge is -2.45. The molecule has 0 saturated heterocycles. The van der Waals surface area contributed by atoms with Crippen molar-refractivity contribution in [3.05, 3.63) is 239 Å². The van der Waals surface area contributed by atoms with Crippen LogP contribution in [0.5, 0.6) is 0 Å². The second-order valence-corrected chi connectivity index (χ2v) is 19.2. The van der Waals surface area contributed by atoms with Crippen molar-refractivity contribution in [3.8, 4) is 23.0 Å². The van der Waals surface area contributed by atoms with Gasteiger partial charge in [0.2, 0.25) is 0 Å². The number of rotatable bonds is 9. The minimum atomic E-state index is -0.145. The lowest BCUT2D eigenvalue weighted by atomic mass is 9.59. The minimum Gasteiger partial charge on any atom is -0.314 e. The number of benzene rings is 4. The average Bonchev–Trinajstić information content (AvgIpc) is 3.84. The van der Waals surface area contributed by atoms with Crippen LogP contribution in [0, 0.1) is 35.5 Å². The fourth-order valence-corrected chi connectivity index (χ4v) is 13.3. The molecule has 0 N–H and O–H groups in total. The minimum absolute atomic E-state index is 0.145. The Morgan fingerprint density at radius 2 is 1.53 bits per heavy atom. The van der Waals surface area contributed by atoms with Crippen LogP contribution in [0.2, 0.25) is 0 Å². The van der Waals surface area contributed by atoms with Gasteiger partial charge in [0.25, 0.3) is 0 Å². The first-order chi connectivity index (χ1) is 31.8. The molecule has 64 heavy (non-hydrogen) atoms. The first kappa shape index (κ1) is 39.2. The molecule has 4 aromatic rings. The Labute approximate surface area is 381 Å². The van der Waals surface area contributed by atoms with E-state index in [4.69, 9.17) is 0 Å². The molecule has 12 rings (SSSR count). The maximum atomic E-state index is 3.58. The number of allylic oxidation sites excluding steroid dienone is 18. The van der Waals surface area contributed by atoms with Crippen molar-refractivity contribution >= 4 is 11.3 Å². The summed E-state index contributed by atoms with van der Waals surface area (Å²) < 4.78 is 0. The zero-order valence-corrected chi connectivity index (χ0v) is 36.9. The molecule has 0 aromatic heterocycles. The molecule has 0 amide bonds. The fourth-order valence-electron chi connectivity index (χ4n) is 13.3. The molecule has 1 spiro atoms. The van der Waals surface area contributed by atoms with Crippen molar-refractivity contribution in [2.75, 3.05) is 4.90 Å². The van der Waals surface area contributed by atoms with Crippen molar-refractivity contribution in [1.29, 1.82) is 0 Å². The Hall–Kier alpha value is -6.36. The number of nitrogens with zero attached hydrogens (tertiary/aromatic N) is 1. The predicted octanol–water partition coefficient (Wildman–Crippen LogP) is 15.6. The van der Waals surface area contributed by atoms with Crippen LogP contribution in [0.4, 0.5) is 5.69 Å². The monoisotopic (exact) mass is 827 g/mol. The van der Waals surface area contributed by atoms with E-state index in [0.29, 0.717) is 23.7 Å². The van der Waals surface area contributed by atoms with Gasteiger partial charge in [0.1, 0.15) is 0 Å². The van der Waals surface area contributed by atoms with Crippen LogP contribution in [0.3, 0.4) is 0 Å². The molecule has 8 aliphatic rings. The van der Waals surface area contributed by atoms with Crippen LogP contribution in [0.1, 0.15) is 98.3 Å². The topological polar surface area (TPSA) is 3.24 Å². The Balaban J connectivity index is 0.984. The number of fused-ring (bicyclic) bond motifs is 9. The van der Waals surface area contributed by atoms with E-state index < -0.39 is 0 Å². The van der Waals surface area contributed by atoms with Crippen LogP contribution in [-0.2, 0) is 5.41 Å². The van der Waals surface area contributed by atoms with E-state index >= 15 is 0 Å². The fraction of sp³-hybridized carbons (Fsp3) is 0.270. The highest BCUT2D eigenvalue weighted by atomic mass is 15.2. The van der Waals surface area contributed by atoms with Gasteiger partial charge >= 0.3 is 0 Å². The Kier molecular flexibility index (Phi) is 10.2. The second-order valence-electron chi connectivity index (χ2n) is 19.2. The van der Waals surface area contributed by atoms with E-state index in [0.717, 1.165) is 57.8 Å². The maximum absolute atomic E-state index is 3.58. The van der Waals surface area contributed by atoms with E-state index in [2.05, 4.69) is 205 Å². The molecule has 1 nitrogen and oxygen atoms in total. The summed E-state index contributed by atoms with van der Waals surface area (Å²) in [7, 11) is 0. The molecule has 314 valence electrons. The molecule has 0 fully saturated rings. The lowest BCUT2D eigenvalue weighted by Crippen LogP contribution is -2.42. The molecule has 4 aromatic carbocycles. The Bertz CT molecular complexity index is 2890. The van der Waals surface area contributed by atoms with Crippen LogP contribution >= 0.6 is 0 Å². The summed E-state index contributed by atoms with van der Waals surface area (Å²) in [5.74, 6) is 9.14. The number of hydrogen-bond acceptors (Lipinski definition) is 1. The van der Waals surface area contributed by atoms with Gasteiger partial charge < -0.3 is 4.90 Å². The van der Waals surface area contributed by atoms with Crippen LogP contribution in [-0.4, -0.2) is 0 Å². The largest absolute Gasteiger partial charge is 0.314 e. The number of anilines is 1. The van der Waals surface area contributed by atoms with Gasteiger partial charge in [-0.15, -0.1) is 11.8 Å². The summed E-state index contributed by atoms with van der Waals surface area (Å²) in [5.41, 5.74) is 18.4. The van der Waals surface area contributed by atoms with Gasteiger partial charge in [0.05, 0.1) is 0 Å². The number of hydrogen-bond donors (Lipinski definition) is 0. The average molecular weight is 828 g/mol. The van der Waals surface area contributed by atoms with Gasteiger partial charge in [-0.1, -0.05) is 175 Å². The van der Waals surface area contributed by atoms with Crippen molar-refractivity contribution in [2.45, 2.75) is 81.5 Å². The van der Waals surface area contributed by atoms with Gasteiger partial charge in [-0.3, -0.25) is 0 Å². The molecule has 0 heterocycles. The third-order valence-corrected chi connectivity index (χ3v) is 15.9. The highest BCUT2D eigenvalue weighted by Crippen LogP contribution is 2.69. The molecule has 7 unspecified atom stereocenters. The molecule has 8 aliphatic carbocycles. The third-order valence-electron chi connectivity index (χ3n) is 15.9. The van der Waals surface area contributed by atoms with Crippen LogP contribution < -0.4 is 4.90 Å². The first-order valence-corrected chi connectivity index (χ1v) is 24.3. The van der Waals surface area contributed by atoms with Crippen molar-refractivity contribution in [3.63, 3.8) is 0 Å². The first-order valence-electron chi connectivity index (χ1n) is 24.3. The van der Waals surface area contributed by atoms with E-state index in [-0.39, 0.29) is 17.3 Å². The molecule has 0 radical (unpaired) electrons. The SMILES string of the molecule is C1#CCC(C(CC2=CC3C(C=C2)c2ccccc2C32C3=C(C=CCC3)C3C(N(C4=CCCC=C4)c4cccc(-c5ccccc5)c4)=CC=CC32)c2ccccc2C2=CCCC=C2)CC1. The highest BCUT2D eigenvalue weighted by Gasteiger charge is 2.63. The van der Waals surface area contributed by atoms with Gasteiger partial charge in [-0.2, -0.15) is 0 Å². The van der Waals surface area contributed by atoms with Gasteiger partial charge in [-0.05, 0) is 132 Å². The molecule has 1 heteroatoms. The quantitative estimate of drug-likeness (QED) is 0.152. The normalized spacial score (nSPS) is 27.3. The third kappa shape index (κ3) is 6.52. The molecule has 0 aliphatic heterocycles. The van der Waals surface area contributed by atoms with E-state index in [1.54, 1.807) is 16.7 Å². The van der Waals surface area contributed by atoms with Gasteiger partial charge in [-0.25, -0.2) is 0 Å². The molecular formula is C63H57N. The van der Waals surface area contributed by atoms with Crippen molar-refractivity contribution in [2.24, 2.45) is 23.7 Å². The summed E-state index contributed by atoms with van der Waals surface area (Å²) in [6.07, 6.45) is 45.7. The zero-order chi connectivity index (χ0) is 42.5. The van der Waals surface area contributed by atoms with Gasteiger partial charge in [0, 0.05) is 59.0 Å². The summed E-state index contributed by atoms with van der Waals surface area (Å²) in [5, 5.41) is 0. The van der Waals surface area contributed by atoms with E-state index in [9.17, 15) is 0 Å². The lowest BCUT2D eigenvalue weighted by molar-refractivity contribution is 0.279. The van der Waals surface area contributed by atoms with Gasteiger partial charge in [0.15, 0.2) is 0 Å². The Morgan fingerprint density at radius 3 is 2.39 bits per heavy atom. The zero-order valence-electron chi connectivity index (χ0n) is 36.9. The highest BCUT2D eigenvalue weighted by molar-refractivity contribution is 5.78. The maximum Gasteiger partial charge on any atom is 0.0464 e. The summed E-state index contributed by atoms with van der Waals surface area (Å²) in [6, 6.07) is 39.1. The standard InChI is InChI=1S/C63H57N/c1-5-21-45(22-6-1)48-27-19-30-50(43-48)64(49-28-11-4-12-29-49)61-38-20-37-59-62(61)55-34-16-18-36-58(55)63(59)57-35-17-15-33-53(57)54-40-39-44(42-60(54)63)41-56(47-25-9-3-10-26-47)52-32-14-13-31-51(52)46-23-7-2-8-24-46/h1,5-7,11,13-17,19-24,27-35,37-40,42-43,47,54,56,59-60,62H,2,4,8-9,12,18,25-26,36,41H2. The Morgan fingerprint density at radius 1 is 0.703 bits per heavy atom. The van der Waals surface area contributed by atoms with Crippen molar-refractivity contribution in [1.82, 2.24) is 0 Å². The summed E-state index contributed by atoms with van der Waals surface area (Å²) >= 11 is 0. The smallest absolute Gasteiger partial charge is 0.0464 e. The van der Waals surface area contributed by atoms with E-state index in [1.807, 2.05) is 0 Å². The predicted molar refractivity (Wildman–Crippen MR) is 267 cm³/mol. The van der Waals surface area contributed by atoms with Crippen molar-refractivity contribution < 1.29 is 0 Å². The van der Waals surface area contributed by atoms with Crippen LogP contribution in [0.15, 0.2) is 216 Å². The molecule has 0 bridgehead atoms. The summed E-state index contributed by atoms with van der Waals surface area (Å²) in [6.45, 7) is 0. The van der Waals surface area contributed by atoms with Crippen LogP contribution in [0.25, 0.3) is 16.7 Å². The molecule has 7 atom stereocenters. The summed E-state index contributed by atoms with van der Waals surface area (Å²) in [4.78, 5) is 2.63. The second kappa shape index (κ2) is 16.6. The molecule has 0 saturated carbocycles. The van der Waals surface area contributed by atoms with E-state index in [1.165, 1.54) is 62.5 Å².